The number of carbonyl (C=O) groups excluding carboxylic acids is 1. The van der Waals surface area contributed by atoms with E-state index in [1.807, 2.05) is 17.5 Å². The number of rotatable bonds is 4. The van der Waals surface area contributed by atoms with E-state index in [4.69, 9.17) is 4.74 Å². The minimum atomic E-state index is -0.385. The van der Waals surface area contributed by atoms with Crippen molar-refractivity contribution < 1.29 is 13.9 Å². The third-order valence-corrected chi connectivity index (χ3v) is 6.13. The maximum absolute atomic E-state index is 14.0. The van der Waals surface area contributed by atoms with Crippen LogP contribution in [-0.2, 0) is 11.3 Å². The number of carbonyl (C=O) groups is 1. The Morgan fingerprint density at radius 1 is 1.28 bits per heavy atom. The van der Waals surface area contributed by atoms with E-state index >= 15 is 0 Å². The quantitative estimate of drug-likeness (QED) is 0.900. The van der Waals surface area contributed by atoms with Crippen LogP contribution in [0.4, 0.5) is 9.18 Å². The van der Waals surface area contributed by atoms with E-state index in [9.17, 15) is 9.18 Å². The number of thiophene rings is 1. The number of alkyl carbamates (subject to hydrolysis) is 1. The molecule has 4 nitrogen and oxygen atoms in total. The van der Waals surface area contributed by atoms with Crippen molar-refractivity contribution in [2.45, 2.75) is 25.5 Å². The molecule has 0 aliphatic carbocycles. The number of halogens is 1. The highest BCUT2D eigenvalue weighted by molar-refractivity contribution is 7.13. The Morgan fingerprint density at radius 3 is 2.80 bits per heavy atom. The monoisotopic (exact) mass is 360 g/mol. The van der Waals surface area contributed by atoms with Crippen molar-refractivity contribution in [2.24, 2.45) is 5.92 Å². The summed E-state index contributed by atoms with van der Waals surface area (Å²) in [6, 6.07) is 8.62. The molecule has 3 aliphatic rings. The first-order valence-electron chi connectivity index (χ1n) is 8.69. The number of benzene rings is 1. The van der Waals surface area contributed by atoms with Crippen LogP contribution in [0, 0.1) is 11.7 Å². The van der Waals surface area contributed by atoms with Gasteiger partial charge >= 0.3 is 6.09 Å². The number of fused-ring (bicyclic) bond motifs is 3. The Hall–Kier alpha value is -1.92. The van der Waals surface area contributed by atoms with Crippen LogP contribution in [0.5, 0.6) is 0 Å². The van der Waals surface area contributed by atoms with Gasteiger partial charge in [0.1, 0.15) is 11.9 Å². The molecule has 6 heteroatoms. The van der Waals surface area contributed by atoms with Crippen LogP contribution >= 0.6 is 11.3 Å². The standard InChI is InChI=1S/C19H21FN2O2S/c20-16-4-2-1-3-15(16)18-14(7-10-25-18)11-21-19(23)24-17-12-22-8-5-13(17)6-9-22/h1-4,7,10,13,17H,5-6,8-9,11-12H2,(H,21,23). The molecule has 1 atom stereocenters. The van der Waals surface area contributed by atoms with Crippen molar-refractivity contribution in [3.63, 3.8) is 0 Å². The van der Waals surface area contributed by atoms with Crippen LogP contribution in [0.2, 0.25) is 0 Å². The number of hydrogen-bond donors (Lipinski definition) is 1. The molecule has 25 heavy (non-hydrogen) atoms. The molecule has 1 unspecified atom stereocenters. The second-order valence-corrected chi connectivity index (χ2v) is 7.61. The first kappa shape index (κ1) is 16.5. The third-order valence-electron chi connectivity index (χ3n) is 5.14. The Balaban J connectivity index is 1.37. The highest BCUT2D eigenvalue weighted by Gasteiger charge is 2.36. The van der Waals surface area contributed by atoms with E-state index in [1.165, 1.54) is 17.4 Å². The van der Waals surface area contributed by atoms with Crippen molar-refractivity contribution in [3.8, 4) is 10.4 Å². The third kappa shape index (κ3) is 3.55. The first-order chi connectivity index (χ1) is 12.2. The summed E-state index contributed by atoms with van der Waals surface area (Å²) in [5.41, 5.74) is 1.47. The number of amides is 1. The molecule has 1 amide bonds. The normalized spacial score (nSPS) is 24.9. The van der Waals surface area contributed by atoms with Gasteiger partial charge in [-0.3, -0.25) is 4.90 Å². The van der Waals surface area contributed by atoms with Crippen molar-refractivity contribution in [2.75, 3.05) is 19.6 Å². The molecule has 1 aromatic heterocycles. The van der Waals surface area contributed by atoms with Gasteiger partial charge in [-0.1, -0.05) is 18.2 Å². The largest absolute Gasteiger partial charge is 0.445 e. The van der Waals surface area contributed by atoms with Gasteiger partial charge in [-0.05, 0) is 54.9 Å². The van der Waals surface area contributed by atoms with E-state index in [0.29, 0.717) is 18.0 Å². The molecule has 3 aliphatic heterocycles. The highest BCUT2D eigenvalue weighted by Crippen LogP contribution is 2.32. The fourth-order valence-electron chi connectivity index (χ4n) is 3.75. The van der Waals surface area contributed by atoms with E-state index in [0.717, 1.165) is 42.9 Å². The highest BCUT2D eigenvalue weighted by atomic mass is 32.1. The second kappa shape index (κ2) is 7.14. The summed E-state index contributed by atoms with van der Waals surface area (Å²) >= 11 is 1.48. The van der Waals surface area contributed by atoms with Crippen molar-refractivity contribution in [1.29, 1.82) is 0 Å². The predicted octanol–water partition coefficient (Wildman–Crippen LogP) is 3.87. The molecular weight excluding hydrogens is 339 g/mol. The SMILES string of the molecule is O=C(NCc1ccsc1-c1ccccc1F)OC1CN2CCC1CC2. The number of piperidine rings is 3. The summed E-state index contributed by atoms with van der Waals surface area (Å²) < 4.78 is 19.6. The zero-order valence-electron chi connectivity index (χ0n) is 13.9. The lowest BCUT2D eigenvalue weighted by Gasteiger charge is -2.43. The maximum atomic E-state index is 14.0. The fourth-order valence-corrected chi connectivity index (χ4v) is 4.70. The van der Waals surface area contributed by atoms with Gasteiger partial charge < -0.3 is 10.1 Å². The molecule has 2 aromatic rings. The summed E-state index contributed by atoms with van der Waals surface area (Å²) in [4.78, 5) is 15.4. The summed E-state index contributed by atoms with van der Waals surface area (Å²) in [5.74, 6) is 0.243. The van der Waals surface area contributed by atoms with Crippen LogP contribution in [-0.4, -0.2) is 36.7 Å². The lowest BCUT2D eigenvalue weighted by atomic mass is 9.86. The predicted molar refractivity (Wildman–Crippen MR) is 96.0 cm³/mol. The van der Waals surface area contributed by atoms with E-state index in [2.05, 4.69) is 10.2 Å². The second-order valence-electron chi connectivity index (χ2n) is 6.69. The average Bonchev–Trinajstić information content (AvgIpc) is 3.10. The minimum absolute atomic E-state index is 0.00369. The molecule has 0 spiro atoms. The number of nitrogens with one attached hydrogen (secondary N) is 1. The van der Waals surface area contributed by atoms with Gasteiger partial charge in [-0.15, -0.1) is 11.3 Å². The Kier molecular flexibility index (Phi) is 4.72. The smallest absolute Gasteiger partial charge is 0.407 e. The zero-order chi connectivity index (χ0) is 17.2. The zero-order valence-corrected chi connectivity index (χ0v) is 14.7. The first-order valence-corrected chi connectivity index (χ1v) is 9.57. The van der Waals surface area contributed by atoms with Crippen LogP contribution in [0.25, 0.3) is 10.4 Å². The lowest BCUT2D eigenvalue weighted by Crippen LogP contribution is -2.52. The van der Waals surface area contributed by atoms with Gasteiger partial charge in [-0.2, -0.15) is 0 Å². The molecule has 3 saturated heterocycles. The summed E-state index contributed by atoms with van der Waals surface area (Å²) in [5, 5.41) is 4.74. The Labute approximate surface area is 150 Å². The molecule has 1 aromatic carbocycles. The molecule has 0 saturated carbocycles. The summed E-state index contributed by atoms with van der Waals surface area (Å²) in [6.45, 7) is 3.42. The van der Waals surface area contributed by atoms with Crippen LogP contribution < -0.4 is 5.32 Å². The van der Waals surface area contributed by atoms with Crippen LogP contribution in [0.15, 0.2) is 35.7 Å². The summed E-state index contributed by atoms with van der Waals surface area (Å²) in [6.07, 6.45) is 1.83. The van der Waals surface area contributed by atoms with Crippen molar-refractivity contribution in [3.05, 3.63) is 47.1 Å². The molecule has 3 fully saturated rings. The van der Waals surface area contributed by atoms with Gasteiger partial charge in [0.15, 0.2) is 0 Å². The molecule has 132 valence electrons. The number of nitrogens with zero attached hydrogens (tertiary/aromatic N) is 1. The molecule has 5 rings (SSSR count). The Bertz CT molecular complexity index is 755. The summed E-state index contributed by atoms with van der Waals surface area (Å²) in [7, 11) is 0. The van der Waals surface area contributed by atoms with E-state index < -0.39 is 0 Å². The number of hydrogen-bond acceptors (Lipinski definition) is 4. The molecular formula is C19H21FN2O2S. The van der Waals surface area contributed by atoms with Gasteiger partial charge in [0.2, 0.25) is 0 Å². The van der Waals surface area contributed by atoms with E-state index in [-0.39, 0.29) is 18.0 Å². The molecule has 4 heterocycles. The van der Waals surface area contributed by atoms with E-state index in [1.54, 1.807) is 12.1 Å². The van der Waals surface area contributed by atoms with Gasteiger partial charge in [0, 0.05) is 23.5 Å². The average molecular weight is 360 g/mol. The topological polar surface area (TPSA) is 41.6 Å². The van der Waals surface area contributed by atoms with Crippen molar-refractivity contribution in [1.82, 2.24) is 10.2 Å². The molecule has 0 radical (unpaired) electrons. The fraction of sp³-hybridized carbons (Fsp3) is 0.421. The van der Waals surface area contributed by atoms with Crippen LogP contribution in [0.1, 0.15) is 18.4 Å². The lowest BCUT2D eigenvalue weighted by molar-refractivity contribution is -0.0332. The maximum Gasteiger partial charge on any atom is 0.407 e. The van der Waals surface area contributed by atoms with Gasteiger partial charge in [0.25, 0.3) is 0 Å². The van der Waals surface area contributed by atoms with Crippen molar-refractivity contribution >= 4 is 17.4 Å². The van der Waals surface area contributed by atoms with Crippen LogP contribution in [0.3, 0.4) is 0 Å². The van der Waals surface area contributed by atoms with Gasteiger partial charge in [-0.25, -0.2) is 9.18 Å². The Morgan fingerprint density at radius 2 is 2.08 bits per heavy atom. The van der Waals surface area contributed by atoms with Gasteiger partial charge in [0.05, 0.1) is 0 Å². The minimum Gasteiger partial charge on any atom is -0.445 e. The molecule has 1 N–H and O–H groups in total. The number of ether oxygens (including phenoxy) is 1. The molecule has 2 bridgehead atoms.